The summed E-state index contributed by atoms with van der Waals surface area (Å²) in [5.41, 5.74) is 4.27. The van der Waals surface area contributed by atoms with Crippen molar-refractivity contribution in [3.63, 3.8) is 0 Å². The van der Waals surface area contributed by atoms with Gasteiger partial charge in [-0.05, 0) is 19.1 Å². The van der Waals surface area contributed by atoms with E-state index in [2.05, 4.69) is 17.4 Å². The molecule has 2 saturated heterocycles. The highest BCUT2D eigenvalue weighted by Crippen LogP contribution is 2.51. The minimum absolute atomic E-state index is 0.0397. The van der Waals surface area contributed by atoms with Crippen molar-refractivity contribution >= 4 is 17.5 Å². The van der Waals surface area contributed by atoms with Crippen LogP contribution in [0.4, 0.5) is 5.69 Å². The molecular weight excluding hydrogens is 288 g/mol. The molecule has 23 heavy (non-hydrogen) atoms. The maximum absolute atomic E-state index is 13.0. The highest BCUT2D eigenvalue weighted by atomic mass is 16.2. The van der Waals surface area contributed by atoms with Gasteiger partial charge in [0.2, 0.25) is 11.8 Å². The van der Waals surface area contributed by atoms with Gasteiger partial charge in [-0.15, -0.1) is 0 Å². The van der Waals surface area contributed by atoms with Crippen LogP contribution >= 0.6 is 0 Å². The summed E-state index contributed by atoms with van der Waals surface area (Å²) in [4.78, 5) is 27.3. The fourth-order valence-electron chi connectivity index (χ4n) is 4.59. The first-order chi connectivity index (χ1) is 11.2. The summed E-state index contributed by atoms with van der Waals surface area (Å²) < 4.78 is 0. The van der Waals surface area contributed by atoms with Gasteiger partial charge in [0.1, 0.15) is 23.9 Å². The van der Waals surface area contributed by atoms with Gasteiger partial charge in [0.25, 0.3) is 0 Å². The van der Waals surface area contributed by atoms with E-state index >= 15 is 0 Å². The van der Waals surface area contributed by atoms with E-state index in [1.165, 1.54) is 16.0 Å². The lowest BCUT2D eigenvalue weighted by molar-refractivity contribution is -0.707. The number of nitrogens with zero attached hydrogens (tertiary/aromatic N) is 1. The second kappa shape index (κ2) is 4.30. The van der Waals surface area contributed by atoms with E-state index in [9.17, 15) is 9.59 Å². The molecule has 2 amide bonds. The Balaban J connectivity index is 1.59. The van der Waals surface area contributed by atoms with Crippen molar-refractivity contribution in [2.45, 2.75) is 19.0 Å². The Labute approximate surface area is 134 Å². The largest absolute Gasteiger partial charge is 0.332 e. The number of hydrogen-bond acceptors (Lipinski definition) is 2. The number of hydrogen-bond donors (Lipinski definition) is 1. The van der Waals surface area contributed by atoms with Gasteiger partial charge in [-0.3, -0.25) is 9.59 Å². The maximum atomic E-state index is 13.0. The van der Waals surface area contributed by atoms with Crippen LogP contribution in [0.3, 0.4) is 0 Å². The van der Waals surface area contributed by atoms with Crippen LogP contribution < -0.4 is 10.2 Å². The number of quaternary nitrogens is 1. The Morgan fingerprint density at radius 2 is 1.35 bits per heavy atom. The van der Waals surface area contributed by atoms with E-state index in [4.69, 9.17) is 0 Å². The molecule has 2 aromatic carbocycles. The molecule has 2 N–H and O–H groups in total. The van der Waals surface area contributed by atoms with Crippen molar-refractivity contribution in [3.8, 4) is 0 Å². The second-order valence-corrected chi connectivity index (χ2v) is 6.77. The Bertz CT molecular complexity index is 796. The van der Waals surface area contributed by atoms with Crippen LogP contribution in [-0.2, 0) is 9.59 Å². The van der Waals surface area contributed by atoms with Crippen LogP contribution in [0.15, 0.2) is 48.5 Å². The minimum atomic E-state index is -0.219. The van der Waals surface area contributed by atoms with Gasteiger partial charge in [-0.25, -0.2) is 4.90 Å². The maximum Gasteiger partial charge on any atom is 0.244 e. The fourth-order valence-corrected chi connectivity index (χ4v) is 4.59. The third-order valence-electron chi connectivity index (χ3n) is 5.59. The summed E-state index contributed by atoms with van der Waals surface area (Å²) in [5.74, 6) is -0.517. The molecule has 2 aromatic rings. The number of carbonyl (C=O) groups is 2. The first kappa shape index (κ1) is 13.0. The van der Waals surface area contributed by atoms with Crippen LogP contribution in [0, 0.1) is 18.8 Å². The lowest BCUT2D eigenvalue weighted by Crippen LogP contribution is -2.81. The normalized spacial score (nSPS) is 30.7. The quantitative estimate of drug-likeness (QED) is 0.811. The van der Waals surface area contributed by atoms with Crippen molar-refractivity contribution in [3.05, 3.63) is 65.2 Å². The number of anilines is 1. The highest BCUT2D eigenvalue weighted by Gasteiger charge is 2.66. The van der Waals surface area contributed by atoms with Crippen LogP contribution in [-0.4, -0.2) is 11.8 Å². The summed E-state index contributed by atoms with van der Waals surface area (Å²) in [6, 6.07) is 16.0. The first-order valence-corrected chi connectivity index (χ1v) is 8.05. The minimum Gasteiger partial charge on any atom is -0.332 e. The lowest BCUT2D eigenvalue weighted by atomic mass is 9.77. The summed E-state index contributed by atoms with van der Waals surface area (Å²) in [6.07, 6.45) is 0. The van der Waals surface area contributed by atoms with E-state index in [0.717, 1.165) is 5.56 Å². The Morgan fingerprint density at radius 1 is 0.826 bits per heavy atom. The standard InChI is InChI=1S/C19H16N2O2/c1-10-6-8-11(9-7-10)21-18(22)14-15(19(21)23)17-13-5-3-2-4-12(13)16(14)20-17/h2-9,14-17,20H,1H3/p+1/t14-,15+,16-,17+. The van der Waals surface area contributed by atoms with E-state index < -0.39 is 0 Å². The molecular formula is C19H17N2O2+. The van der Waals surface area contributed by atoms with E-state index in [1.807, 2.05) is 43.3 Å². The predicted octanol–water partition coefficient (Wildman–Crippen LogP) is 1.47. The van der Waals surface area contributed by atoms with Gasteiger partial charge in [0.15, 0.2) is 0 Å². The van der Waals surface area contributed by atoms with Gasteiger partial charge >= 0.3 is 0 Å². The molecule has 0 saturated carbocycles. The van der Waals surface area contributed by atoms with Crippen molar-refractivity contribution in [2.24, 2.45) is 11.8 Å². The topological polar surface area (TPSA) is 54.0 Å². The average molecular weight is 305 g/mol. The SMILES string of the molecule is Cc1ccc(N2C(=O)[C@@H]3[C@H](C2=O)[C@H]2[NH2+][C@@H]3c3ccccc32)cc1. The molecule has 0 unspecified atom stereocenters. The third kappa shape index (κ3) is 1.54. The Kier molecular flexibility index (Phi) is 2.43. The number of benzene rings is 2. The molecule has 5 rings (SSSR count). The van der Waals surface area contributed by atoms with Crippen molar-refractivity contribution in [2.75, 3.05) is 4.90 Å². The van der Waals surface area contributed by atoms with Crippen molar-refractivity contribution in [1.29, 1.82) is 0 Å². The molecule has 114 valence electrons. The van der Waals surface area contributed by atoms with Crippen LogP contribution in [0.1, 0.15) is 28.8 Å². The molecule has 0 aliphatic carbocycles. The smallest absolute Gasteiger partial charge is 0.244 e. The van der Waals surface area contributed by atoms with Crippen molar-refractivity contribution in [1.82, 2.24) is 0 Å². The summed E-state index contributed by atoms with van der Waals surface area (Å²) in [7, 11) is 0. The molecule has 0 aromatic heterocycles. The zero-order chi connectivity index (χ0) is 15.7. The molecule has 4 nitrogen and oxygen atoms in total. The second-order valence-electron chi connectivity index (χ2n) is 6.77. The Hall–Kier alpha value is -2.46. The highest BCUT2D eigenvalue weighted by molar-refractivity contribution is 6.22. The predicted molar refractivity (Wildman–Crippen MR) is 84.5 cm³/mol. The number of amides is 2. The lowest BCUT2D eigenvalue weighted by Gasteiger charge is -2.17. The van der Waals surface area contributed by atoms with Crippen LogP contribution in [0.2, 0.25) is 0 Å². The van der Waals surface area contributed by atoms with E-state index in [-0.39, 0.29) is 35.7 Å². The van der Waals surface area contributed by atoms with Gasteiger partial charge in [-0.1, -0.05) is 42.0 Å². The molecule has 0 radical (unpaired) electrons. The number of rotatable bonds is 1. The summed E-state index contributed by atoms with van der Waals surface area (Å²) >= 11 is 0. The third-order valence-corrected chi connectivity index (χ3v) is 5.59. The van der Waals surface area contributed by atoms with Gasteiger partial charge in [0, 0.05) is 11.1 Å². The molecule has 2 fully saturated rings. The zero-order valence-corrected chi connectivity index (χ0v) is 12.8. The average Bonchev–Trinajstić information content (AvgIpc) is 3.20. The molecule has 3 aliphatic rings. The zero-order valence-electron chi connectivity index (χ0n) is 12.8. The monoisotopic (exact) mass is 305 g/mol. The number of nitrogens with two attached hydrogens (primary N) is 1. The van der Waals surface area contributed by atoms with Gasteiger partial charge in [0.05, 0.1) is 5.69 Å². The summed E-state index contributed by atoms with van der Waals surface area (Å²) in [6.45, 7) is 2.00. The fraction of sp³-hybridized carbons (Fsp3) is 0.263. The van der Waals surface area contributed by atoms with Gasteiger partial charge in [-0.2, -0.15) is 0 Å². The molecule has 0 spiro atoms. The van der Waals surface area contributed by atoms with Crippen LogP contribution in [0.25, 0.3) is 0 Å². The molecule has 2 bridgehead atoms. The molecule has 4 atom stereocenters. The molecule has 3 heterocycles. The molecule has 3 aliphatic heterocycles. The summed E-state index contributed by atoms with van der Waals surface area (Å²) in [5, 5.41) is 2.21. The van der Waals surface area contributed by atoms with E-state index in [0.29, 0.717) is 5.69 Å². The number of imide groups is 1. The van der Waals surface area contributed by atoms with Crippen LogP contribution in [0.5, 0.6) is 0 Å². The number of carbonyl (C=O) groups excluding carboxylic acids is 2. The van der Waals surface area contributed by atoms with E-state index in [1.54, 1.807) is 0 Å². The van der Waals surface area contributed by atoms with Crippen molar-refractivity contribution < 1.29 is 14.9 Å². The Morgan fingerprint density at radius 3 is 1.87 bits per heavy atom. The molecule has 4 heteroatoms. The number of aryl methyl sites for hydroxylation is 1. The number of fused-ring (bicyclic) bond motifs is 8. The first-order valence-electron chi connectivity index (χ1n) is 8.05. The van der Waals surface area contributed by atoms with Gasteiger partial charge < -0.3 is 5.32 Å².